The molecule has 0 aliphatic rings. The molecule has 1 N–H and O–H groups in total. The predicted molar refractivity (Wildman–Crippen MR) is 139 cm³/mol. The number of ether oxygens (including phenoxy) is 1. The number of nitrogens with one attached hydrogen (secondary N) is 1. The zero-order chi connectivity index (χ0) is 26.6. The number of hydrogen-bond donors (Lipinski definition) is 1. The number of nitrogens with zero attached hydrogens (tertiary/aromatic N) is 2. The molecule has 0 aromatic heterocycles. The van der Waals surface area contributed by atoms with Crippen molar-refractivity contribution in [1.29, 1.82) is 0 Å². The summed E-state index contributed by atoms with van der Waals surface area (Å²) in [5.74, 6) is -0.569. The largest absolute Gasteiger partial charge is 0.495 e. The molecule has 2 aromatic carbocycles. The van der Waals surface area contributed by atoms with Gasteiger partial charge in [0.05, 0.1) is 19.1 Å². The number of aryl methyl sites for hydroxylation is 1. The van der Waals surface area contributed by atoms with E-state index in [0.717, 1.165) is 21.7 Å². The number of benzene rings is 2. The third-order valence-corrected chi connectivity index (χ3v) is 6.59. The van der Waals surface area contributed by atoms with E-state index in [9.17, 15) is 18.0 Å². The molecule has 192 valence electrons. The first kappa shape index (κ1) is 28.5. The number of amides is 2. The molecule has 1 unspecified atom stereocenters. The topological polar surface area (TPSA) is 96.0 Å². The van der Waals surface area contributed by atoms with Crippen molar-refractivity contribution in [3.05, 3.63) is 58.6 Å². The highest BCUT2D eigenvalue weighted by atomic mass is 35.5. The number of methoxy groups -OCH3 is 1. The molecule has 8 nitrogen and oxygen atoms in total. The van der Waals surface area contributed by atoms with Crippen LogP contribution >= 0.6 is 11.6 Å². The molecule has 0 spiro atoms. The van der Waals surface area contributed by atoms with Crippen molar-refractivity contribution in [2.24, 2.45) is 0 Å². The molecule has 1 atom stereocenters. The molecular weight excluding hydrogens is 490 g/mol. The minimum absolute atomic E-state index is 0.0945. The van der Waals surface area contributed by atoms with Gasteiger partial charge in [0.15, 0.2) is 0 Å². The van der Waals surface area contributed by atoms with Gasteiger partial charge in [-0.1, -0.05) is 29.8 Å². The molecule has 0 aliphatic carbocycles. The van der Waals surface area contributed by atoms with Crippen LogP contribution in [-0.4, -0.2) is 56.6 Å². The van der Waals surface area contributed by atoms with Crippen molar-refractivity contribution in [3.63, 3.8) is 0 Å². The van der Waals surface area contributed by atoms with Gasteiger partial charge >= 0.3 is 0 Å². The maximum Gasteiger partial charge on any atom is 0.244 e. The highest BCUT2D eigenvalue weighted by Gasteiger charge is 2.32. The average molecular weight is 524 g/mol. The fourth-order valence-electron chi connectivity index (χ4n) is 3.43. The Balaban J connectivity index is 2.47. The number of halogens is 1. The number of carbonyl (C=O) groups excluding carboxylic acids is 2. The maximum atomic E-state index is 13.6. The first-order valence-electron chi connectivity index (χ1n) is 11.1. The van der Waals surface area contributed by atoms with Crippen LogP contribution in [-0.2, 0) is 26.2 Å². The minimum Gasteiger partial charge on any atom is -0.495 e. The summed E-state index contributed by atoms with van der Waals surface area (Å²) in [7, 11) is -2.43. The summed E-state index contributed by atoms with van der Waals surface area (Å²) in [5.41, 5.74) is 1.30. The summed E-state index contributed by atoms with van der Waals surface area (Å²) >= 11 is 5.99. The SMILES string of the molecule is COc1ccc(C)cc1N(CC(=O)N(Cc1ccc(Cl)cc1)C(C)C(=O)NC(C)(C)C)S(C)(=O)=O. The number of sulfonamides is 1. The summed E-state index contributed by atoms with van der Waals surface area (Å²) < 4.78 is 31.9. The predicted octanol–water partition coefficient (Wildman–Crippen LogP) is 3.76. The van der Waals surface area contributed by atoms with Crippen molar-refractivity contribution >= 4 is 39.1 Å². The van der Waals surface area contributed by atoms with E-state index in [-0.39, 0.29) is 18.1 Å². The van der Waals surface area contributed by atoms with Gasteiger partial charge in [-0.3, -0.25) is 13.9 Å². The van der Waals surface area contributed by atoms with Crippen LogP contribution in [0.3, 0.4) is 0 Å². The van der Waals surface area contributed by atoms with E-state index in [0.29, 0.717) is 10.8 Å². The Kier molecular flexibility index (Phi) is 9.19. The molecule has 0 saturated carbocycles. The van der Waals surface area contributed by atoms with Crippen LogP contribution in [0.15, 0.2) is 42.5 Å². The van der Waals surface area contributed by atoms with Gasteiger partial charge in [0.2, 0.25) is 21.8 Å². The van der Waals surface area contributed by atoms with Crippen molar-refractivity contribution in [2.75, 3.05) is 24.2 Å². The quantitative estimate of drug-likeness (QED) is 0.540. The fourth-order valence-corrected chi connectivity index (χ4v) is 4.40. The highest BCUT2D eigenvalue weighted by Crippen LogP contribution is 2.31. The Labute approximate surface area is 213 Å². The van der Waals surface area contributed by atoms with Gasteiger partial charge in [-0.25, -0.2) is 8.42 Å². The maximum absolute atomic E-state index is 13.6. The van der Waals surface area contributed by atoms with Gasteiger partial charge in [0, 0.05) is 17.1 Å². The summed E-state index contributed by atoms with van der Waals surface area (Å²) in [5, 5.41) is 3.43. The number of anilines is 1. The van der Waals surface area contributed by atoms with E-state index in [4.69, 9.17) is 16.3 Å². The molecule has 2 aromatic rings. The lowest BCUT2D eigenvalue weighted by Gasteiger charge is -2.33. The molecule has 0 heterocycles. The normalized spacial score (nSPS) is 12.6. The summed E-state index contributed by atoms with van der Waals surface area (Å²) in [6.45, 7) is 8.57. The summed E-state index contributed by atoms with van der Waals surface area (Å²) in [4.78, 5) is 27.9. The molecule has 35 heavy (non-hydrogen) atoms. The van der Waals surface area contributed by atoms with Crippen LogP contribution in [0.2, 0.25) is 5.02 Å². The Morgan fingerprint density at radius 3 is 2.23 bits per heavy atom. The van der Waals surface area contributed by atoms with Gasteiger partial charge < -0.3 is 15.0 Å². The number of rotatable bonds is 9. The lowest BCUT2D eigenvalue weighted by molar-refractivity contribution is -0.140. The fraction of sp³-hybridized carbons (Fsp3) is 0.440. The van der Waals surface area contributed by atoms with Crippen LogP contribution < -0.4 is 14.4 Å². The second-order valence-electron chi connectivity index (χ2n) is 9.51. The van der Waals surface area contributed by atoms with Gasteiger partial charge in [-0.05, 0) is 70.0 Å². The average Bonchev–Trinajstić information content (AvgIpc) is 2.74. The van der Waals surface area contributed by atoms with E-state index in [1.165, 1.54) is 12.0 Å². The van der Waals surface area contributed by atoms with Crippen LogP contribution in [0, 0.1) is 6.92 Å². The Hall–Kier alpha value is -2.78. The first-order valence-corrected chi connectivity index (χ1v) is 13.3. The van der Waals surface area contributed by atoms with Crippen molar-refractivity contribution in [1.82, 2.24) is 10.2 Å². The van der Waals surface area contributed by atoms with Gasteiger partial charge in [-0.15, -0.1) is 0 Å². The molecule has 10 heteroatoms. The van der Waals surface area contributed by atoms with Gasteiger partial charge in [-0.2, -0.15) is 0 Å². The zero-order valence-electron chi connectivity index (χ0n) is 21.3. The molecule has 0 aliphatic heterocycles. The standard InChI is InChI=1S/C25H34ClN3O5S/c1-17-8-13-22(34-6)21(14-17)29(35(7,32)33)16-23(30)28(15-19-9-11-20(26)12-10-19)18(2)24(31)27-25(3,4)5/h8-14,18H,15-16H2,1-7H3,(H,27,31). The first-order chi connectivity index (χ1) is 16.1. The van der Waals surface area contributed by atoms with Gasteiger partial charge in [0.1, 0.15) is 18.3 Å². The lowest BCUT2D eigenvalue weighted by atomic mass is 10.1. The zero-order valence-corrected chi connectivity index (χ0v) is 22.8. The van der Waals surface area contributed by atoms with Crippen LogP contribution in [0.1, 0.15) is 38.8 Å². The van der Waals surface area contributed by atoms with E-state index in [1.54, 1.807) is 49.4 Å². The minimum atomic E-state index is -3.86. The molecule has 0 saturated heterocycles. The third-order valence-electron chi connectivity index (χ3n) is 5.21. The number of carbonyl (C=O) groups is 2. The Bertz CT molecular complexity index is 1160. The van der Waals surface area contributed by atoms with Crippen molar-refractivity contribution < 1.29 is 22.7 Å². The van der Waals surface area contributed by atoms with Crippen LogP contribution in [0.4, 0.5) is 5.69 Å². The molecule has 2 rings (SSSR count). The smallest absolute Gasteiger partial charge is 0.244 e. The molecule has 2 amide bonds. The Morgan fingerprint density at radius 2 is 1.71 bits per heavy atom. The monoisotopic (exact) mass is 523 g/mol. The van der Waals surface area contributed by atoms with Crippen LogP contribution in [0.5, 0.6) is 5.75 Å². The third kappa shape index (κ3) is 8.14. The second kappa shape index (κ2) is 11.3. The molecular formula is C25H34ClN3O5S. The molecule has 0 fully saturated rings. The number of hydrogen-bond acceptors (Lipinski definition) is 5. The summed E-state index contributed by atoms with van der Waals surface area (Å²) in [6.07, 6.45) is 1.03. The van der Waals surface area contributed by atoms with E-state index >= 15 is 0 Å². The Morgan fingerprint density at radius 1 is 1.11 bits per heavy atom. The van der Waals surface area contributed by atoms with E-state index in [1.807, 2.05) is 27.7 Å². The van der Waals surface area contributed by atoms with Crippen LogP contribution in [0.25, 0.3) is 0 Å². The summed E-state index contributed by atoms with van der Waals surface area (Å²) in [6, 6.07) is 11.1. The highest BCUT2D eigenvalue weighted by molar-refractivity contribution is 7.92. The molecule has 0 bridgehead atoms. The lowest BCUT2D eigenvalue weighted by Crippen LogP contribution is -2.54. The molecule has 0 radical (unpaired) electrons. The van der Waals surface area contributed by atoms with Gasteiger partial charge in [0.25, 0.3) is 0 Å². The van der Waals surface area contributed by atoms with E-state index < -0.39 is 34.1 Å². The van der Waals surface area contributed by atoms with Crippen molar-refractivity contribution in [2.45, 2.75) is 52.7 Å². The van der Waals surface area contributed by atoms with Crippen molar-refractivity contribution in [3.8, 4) is 5.75 Å². The van der Waals surface area contributed by atoms with E-state index in [2.05, 4.69) is 5.32 Å². The second-order valence-corrected chi connectivity index (χ2v) is 11.9.